The standard InChI is InChI=1S/C10H13N3/c1-6-11-8-10(5)13(9(3)4)12-7-2/h1-3,5,8H2,4H3. The Morgan fingerprint density at radius 3 is 2.31 bits per heavy atom. The van der Waals surface area contributed by atoms with Gasteiger partial charge in [0.25, 0.3) is 0 Å². The fourth-order valence-corrected chi connectivity index (χ4v) is 0.711. The maximum Gasteiger partial charge on any atom is 0.0900 e. The molecule has 0 rings (SSSR count). The predicted molar refractivity (Wildman–Crippen MR) is 56.8 cm³/mol. The Morgan fingerprint density at radius 2 is 1.92 bits per heavy atom. The second-order valence-corrected chi connectivity index (χ2v) is 2.35. The van der Waals surface area contributed by atoms with Crippen LogP contribution in [0.2, 0.25) is 0 Å². The van der Waals surface area contributed by atoms with Crippen LogP contribution < -0.4 is 0 Å². The van der Waals surface area contributed by atoms with E-state index in [0.29, 0.717) is 12.2 Å². The summed E-state index contributed by atoms with van der Waals surface area (Å²) < 4.78 is 0. The minimum Gasteiger partial charge on any atom is -0.237 e. The molecular weight excluding hydrogens is 162 g/mol. The largest absolute Gasteiger partial charge is 0.237 e. The van der Waals surface area contributed by atoms with E-state index in [4.69, 9.17) is 0 Å². The van der Waals surface area contributed by atoms with Crippen molar-refractivity contribution >= 4 is 11.7 Å². The maximum atomic E-state index is 3.84. The SMILES string of the molecule is C=C=NCC(=C)N(N=C=C)C(=C)C. The van der Waals surface area contributed by atoms with Crippen LogP contribution in [0.15, 0.2) is 47.8 Å². The van der Waals surface area contributed by atoms with Gasteiger partial charge in [0.1, 0.15) is 0 Å². The smallest absolute Gasteiger partial charge is 0.0900 e. The number of hydrazone groups is 1. The van der Waals surface area contributed by atoms with E-state index >= 15 is 0 Å². The van der Waals surface area contributed by atoms with Crippen LogP contribution in [0.25, 0.3) is 0 Å². The van der Waals surface area contributed by atoms with E-state index in [1.807, 2.05) is 6.92 Å². The summed E-state index contributed by atoms with van der Waals surface area (Å²) in [7, 11) is 0. The zero-order valence-electron chi connectivity index (χ0n) is 7.88. The van der Waals surface area contributed by atoms with Crippen LogP contribution in [0.1, 0.15) is 6.92 Å². The lowest BCUT2D eigenvalue weighted by Gasteiger charge is -2.17. The Balaban J connectivity index is 4.55. The number of rotatable bonds is 5. The lowest BCUT2D eigenvalue weighted by molar-refractivity contribution is 0.456. The van der Waals surface area contributed by atoms with Gasteiger partial charge >= 0.3 is 0 Å². The van der Waals surface area contributed by atoms with Gasteiger partial charge in [0, 0.05) is 11.6 Å². The highest BCUT2D eigenvalue weighted by molar-refractivity contribution is 5.47. The topological polar surface area (TPSA) is 28.0 Å². The minimum atomic E-state index is 0.390. The lowest BCUT2D eigenvalue weighted by Crippen LogP contribution is -2.14. The van der Waals surface area contributed by atoms with Crippen LogP contribution in [0.4, 0.5) is 0 Å². The zero-order valence-corrected chi connectivity index (χ0v) is 7.88. The Kier molecular flexibility index (Phi) is 4.97. The molecule has 0 aromatic heterocycles. The third-order valence-electron chi connectivity index (χ3n) is 1.21. The molecule has 0 spiro atoms. The molecule has 0 bridgehead atoms. The highest BCUT2D eigenvalue weighted by atomic mass is 15.5. The molecule has 0 atom stereocenters. The van der Waals surface area contributed by atoms with E-state index in [1.165, 1.54) is 5.01 Å². The number of nitrogens with zero attached hydrogens (tertiary/aromatic N) is 3. The van der Waals surface area contributed by atoms with Crippen LogP contribution in [0.3, 0.4) is 0 Å². The number of aliphatic imine (C=N–C) groups is 1. The first-order valence-electron chi connectivity index (χ1n) is 3.68. The molecule has 0 saturated heterocycles. The van der Waals surface area contributed by atoms with Crippen LogP contribution in [0, 0.1) is 0 Å². The lowest BCUT2D eigenvalue weighted by atomic mass is 10.4. The summed E-state index contributed by atoms with van der Waals surface area (Å²) in [6, 6.07) is 0. The molecule has 68 valence electrons. The van der Waals surface area contributed by atoms with Crippen LogP contribution in [-0.2, 0) is 0 Å². The number of allylic oxidation sites excluding steroid dienone is 1. The van der Waals surface area contributed by atoms with Crippen molar-refractivity contribution in [2.45, 2.75) is 6.92 Å². The fraction of sp³-hybridized carbons (Fsp3) is 0.200. The molecule has 0 amide bonds. The third kappa shape index (κ3) is 3.92. The van der Waals surface area contributed by atoms with Crippen molar-refractivity contribution in [1.82, 2.24) is 5.01 Å². The highest BCUT2D eigenvalue weighted by Gasteiger charge is 2.04. The van der Waals surface area contributed by atoms with E-state index in [-0.39, 0.29) is 0 Å². The van der Waals surface area contributed by atoms with Crippen molar-refractivity contribution in [2.24, 2.45) is 10.1 Å². The van der Waals surface area contributed by atoms with Gasteiger partial charge < -0.3 is 0 Å². The second-order valence-electron chi connectivity index (χ2n) is 2.35. The molecule has 0 radical (unpaired) electrons. The van der Waals surface area contributed by atoms with Crippen molar-refractivity contribution in [1.29, 1.82) is 0 Å². The van der Waals surface area contributed by atoms with Gasteiger partial charge in [-0.1, -0.05) is 13.2 Å². The van der Waals surface area contributed by atoms with Gasteiger partial charge in [-0.2, -0.15) is 0 Å². The van der Waals surface area contributed by atoms with Gasteiger partial charge in [-0.05, 0) is 26.0 Å². The van der Waals surface area contributed by atoms with Crippen molar-refractivity contribution in [3.8, 4) is 0 Å². The summed E-state index contributed by atoms with van der Waals surface area (Å²) in [5, 5.41) is 5.36. The second kappa shape index (κ2) is 5.78. The molecule has 0 aliphatic rings. The molecule has 13 heavy (non-hydrogen) atoms. The molecule has 0 unspecified atom stereocenters. The van der Waals surface area contributed by atoms with Crippen LogP contribution in [0.5, 0.6) is 0 Å². The van der Waals surface area contributed by atoms with E-state index in [0.717, 1.165) is 5.70 Å². The zero-order chi connectivity index (χ0) is 10.3. The molecule has 0 fully saturated rings. The summed E-state index contributed by atoms with van der Waals surface area (Å²) in [5.41, 5.74) is 1.42. The Labute approximate surface area is 78.8 Å². The molecule has 3 heteroatoms. The molecule has 0 aromatic carbocycles. The quantitative estimate of drug-likeness (QED) is 0.463. The Hall–Kier alpha value is -1.82. The van der Waals surface area contributed by atoms with Gasteiger partial charge in [-0.3, -0.25) is 0 Å². The van der Waals surface area contributed by atoms with Crippen LogP contribution in [-0.4, -0.2) is 23.3 Å². The van der Waals surface area contributed by atoms with Crippen molar-refractivity contribution < 1.29 is 0 Å². The van der Waals surface area contributed by atoms with Gasteiger partial charge in [0.15, 0.2) is 0 Å². The number of hydrogen-bond acceptors (Lipinski definition) is 3. The van der Waals surface area contributed by atoms with E-state index in [1.54, 1.807) is 0 Å². The first kappa shape index (κ1) is 11.2. The average Bonchev–Trinajstić information content (AvgIpc) is 2.09. The van der Waals surface area contributed by atoms with Gasteiger partial charge in [0.2, 0.25) is 0 Å². The Morgan fingerprint density at radius 1 is 1.31 bits per heavy atom. The number of hydrogen-bond donors (Lipinski definition) is 0. The summed E-state index contributed by atoms with van der Waals surface area (Å²) in [5.74, 6) is 4.82. The van der Waals surface area contributed by atoms with Crippen molar-refractivity contribution in [2.75, 3.05) is 6.54 Å². The minimum absolute atomic E-state index is 0.390. The highest BCUT2D eigenvalue weighted by Crippen LogP contribution is 2.09. The summed E-state index contributed by atoms with van der Waals surface area (Å²) in [6.45, 7) is 16.4. The third-order valence-corrected chi connectivity index (χ3v) is 1.21. The first-order chi connectivity index (χ1) is 6.13. The summed E-state index contributed by atoms with van der Waals surface area (Å²) in [6.07, 6.45) is 0. The first-order valence-corrected chi connectivity index (χ1v) is 3.68. The maximum absolute atomic E-state index is 3.84. The summed E-state index contributed by atoms with van der Waals surface area (Å²) >= 11 is 0. The van der Waals surface area contributed by atoms with E-state index < -0.39 is 0 Å². The molecule has 0 aromatic rings. The molecule has 0 saturated carbocycles. The molecule has 0 heterocycles. The van der Waals surface area contributed by atoms with E-state index in [2.05, 4.69) is 48.1 Å². The molecule has 3 nitrogen and oxygen atoms in total. The molecule has 0 aliphatic carbocycles. The van der Waals surface area contributed by atoms with Gasteiger partial charge in [0.05, 0.1) is 12.2 Å². The van der Waals surface area contributed by atoms with Crippen molar-refractivity contribution in [3.63, 3.8) is 0 Å². The average molecular weight is 175 g/mol. The fourth-order valence-electron chi connectivity index (χ4n) is 0.711. The predicted octanol–water partition coefficient (Wildman–Crippen LogP) is 1.96. The molecular formula is C10H13N3. The van der Waals surface area contributed by atoms with Crippen molar-refractivity contribution in [3.05, 3.63) is 37.7 Å². The summed E-state index contributed by atoms with van der Waals surface area (Å²) in [4.78, 5) is 3.81. The van der Waals surface area contributed by atoms with Crippen LogP contribution >= 0.6 is 0 Å². The molecule has 0 N–H and O–H groups in total. The molecule has 0 aliphatic heterocycles. The van der Waals surface area contributed by atoms with Gasteiger partial charge in [-0.15, -0.1) is 5.10 Å². The van der Waals surface area contributed by atoms with E-state index in [9.17, 15) is 0 Å². The monoisotopic (exact) mass is 175 g/mol. The normalized spacial score (nSPS) is 7.77. The van der Waals surface area contributed by atoms with Gasteiger partial charge in [-0.25, -0.2) is 10.0 Å². The Bertz CT molecular complexity index is 300.